The van der Waals surface area contributed by atoms with Gasteiger partial charge in [-0.3, -0.25) is 14.2 Å². The van der Waals surface area contributed by atoms with Crippen LogP contribution >= 0.6 is 11.3 Å². The summed E-state index contributed by atoms with van der Waals surface area (Å²) in [7, 11) is 0. The van der Waals surface area contributed by atoms with Gasteiger partial charge in [0.15, 0.2) is 0 Å². The highest BCUT2D eigenvalue weighted by atomic mass is 32.1. The lowest BCUT2D eigenvalue weighted by atomic mass is 10.1. The number of rotatable bonds is 6. The molecule has 23 heavy (non-hydrogen) atoms. The largest absolute Gasteiger partial charge is 0.469 e. The normalized spacial score (nSPS) is 12.4. The second kappa shape index (κ2) is 6.78. The first-order valence-electron chi connectivity index (χ1n) is 7.38. The van der Waals surface area contributed by atoms with Crippen LogP contribution in [-0.4, -0.2) is 21.5 Å². The van der Waals surface area contributed by atoms with Crippen LogP contribution in [0.3, 0.4) is 0 Å². The summed E-state index contributed by atoms with van der Waals surface area (Å²) in [5.41, 5.74) is -0.186. The third kappa shape index (κ3) is 3.68. The van der Waals surface area contributed by atoms with Gasteiger partial charge in [-0.05, 0) is 36.9 Å². The lowest BCUT2D eigenvalue weighted by molar-refractivity contribution is -0.122. The van der Waals surface area contributed by atoms with Crippen LogP contribution in [0.4, 0.5) is 0 Å². The zero-order valence-corrected chi connectivity index (χ0v) is 13.5. The fourth-order valence-electron chi connectivity index (χ4n) is 2.37. The number of carbonyl (C=O) groups excluding carboxylic acids is 1. The van der Waals surface area contributed by atoms with E-state index in [9.17, 15) is 9.59 Å². The highest BCUT2D eigenvalue weighted by Crippen LogP contribution is 2.13. The summed E-state index contributed by atoms with van der Waals surface area (Å²) in [4.78, 5) is 29.2. The molecule has 0 aromatic carbocycles. The van der Waals surface area contributed by atoms with Crippen LogP contribution < -0.4 is 10.9 Å². The average molecular weight is 331 g/mol. The van der Waals surface area contributed by atoms with Crippen LogP contribution in [0.25, 0.3) is 10.2 Å². The molecule has 0 radical (unpaired) electrons. The van der Waals surface area contributed by atoms with E-state index < -0.39 is 0 Å². The first-order chi connectivity index (χ1) is 11.1. The average Bonchev–Trinajstić information content (AvgIpc) is 3.19. The lowest BCUT2D eigenvalue weighted by Gasteiger charge is -2.13. The Morgan fingerprint density at radius 1 is 1.48 bits per heavy atom. The second-order valence-electron chi connectivity index (χ2n) is 5.40. The van der Waals surface area contributed by atoms with Crippen molar-refractivity contribution in [2.45, 2.75) is 32.4 Å². The molecule has 3 rings (SSSR count). The van der Waals surface area contributed by atoms with Crippen molar-refractivity contribution in [1.29, 1.82) is 0 Å². The van der Waals surface area contributed by atoms with Crippen LogP contribution in [0, 0.1) is 0 Å². The number of nitrogens with zero attached hydrogens (tertiary/aromatic N) is 2. The van der Waals surface area contributed by atoms with Gasteiger partial charge in [0.05, 0.1) is 18.0 Å². The van der Waals surface area contributed by atoms with Crippen LogP contribution in [0.15, 0.2) is 45.4 Å². The number of fused-ring (bicyclic) bond motifs is 1. The van der Waals surface area contributed by atoms with E-state index in [1.54, 1.807) is 12.3 Å². The first-order valence-corrected chi connectivity index (χ1v) is 8.26. The van der Waals surface area contributed by atoms with E-state index in [-0.39, 0.29) is 24.1 Å². The number of furan rings is 1. The first kappa shape index (κ1) is 15.5. The topological polar surface area (TPSA) is 77.1 Å². The molecule has 3 aromatic rings. The molecule has 0 saturated carbocycles. The molecule has 1 amide bonds. The van der Waals surface area contributed by atoms with E-state index >= 15 is 0 Å². The third-order valence-electron chi connectivity index (χ3n) is 3.58. The summed E-state index contributed by atoms with van der Waals surface area (Å²) in [6.45, 7) is 1.91. The molecule has 3 heterocycles. The van der Waals surface area contributed by atoms with Crippen LogP contribution in [0.5, 0.6) is 0 Å². The maximum absolute atomic E-state index is 12.2. The molecule has 0 unspecified atom stereocenters. The summed E-state index contributed by atoms with van der Waals surface area (Å²) >= 11 is 1.41. The van der Waals surface area contributed by atoms with E-state index in [1.807, 2.05) is 24.4 Å². The highest BCUT2D eigenvalue weighted by molar-refractivity contribution is 7.16. The van der Waals surface area contributed by atoms with Gasteiger partial charge in [-0.15, -0.1) is 11.3 Å². The molecule has 1 atom stereocenters. The number of hydrogen-bond acceptors (Lipinski definition) is 5. The van der Waals surface area contributed by atoms with Crippen molar-refractivity contribution >= 4 is 27.5 Å². The van der Waals surface area contributed by atoms with Gasteiger partial charge in [-0.1, -0.05) is 0 Å². The van der Waals surface area contributed by atoms with Crippen molar-refractivity contribution in [2.75, 3.05) is 0 Å². The molecule has 0 saturated heterocycles. The minimum atomic E-state index is -0.199. The SMILES string of the molecule is C[C@@H](CCc1ccco1)NC(=O)Cn1cnc2sccc2c1=O. The monoisotopic (exact) mass is 331 g/mol. The Hall–Kier alpha value is -2.41. The number of aryl methyl sites for hydroxylation is 1. The Kier molecular flexibility index (Phi) is 4.57. The minimum absolute atomic E-state index is 0.00106. The van der Waals surface area contributed by atoms with Crippen molar-refractivity contribution < 1.29 is 9.21 Å². The summed E-state index contributed by atoms with van der Waals surface area (Å²) in [5, 5.41) is 5.27. The van der Waals surface area contributed by atoms with Crippen LogP contribution in [-0.2, 0) is 17.8 Å². The summed E-state index contributed by atoms with van der Waals surface area (Å²) in [6.07, 6.45) is 4.60. The zero-order valence-electron chi connectivity index (χ0n) is 12.7. The maximum atomic E-state index is 12.2. The Labute approximate surface area is 136 Å². The number of thiophene rings is 1. The lowest BCUT2D eigenvalue weighted by Crippen LogP contribution is -2.37. The number of amides is 1. The molecule has 0 aliphatic heterocycles. The molecule has 7 heteroatoms. The van der Waals surface area contributed by atoms with Crippen molar-refractivity contribution in [3.63, 3.8) is 0 Å². The van der Waals surface area contributed by atoms with Gasteiger partial charge in [-0.25, -0.2) is 4.98 Å². The number of nitrogens with one attached hydrogen (secondary N) is 1. The van der Waals surface area contributed by atoms with Gasteiger partial charge in [0, 0.05) is 12.5 Å². The minimum Gasteiger partial charge on any atom is -0.469 e. The molecule has 6 nitrogen and oxygen atoms in total. The van der Waals surface area contributed by atoms with Gasteiger partial charge < -0.3 is 9.73 Å². The quantitative estimate of drug-likeness (QED) is 0.751. The summed E-state index contributed by atoms with van der Waals surface area (Å²) < 4.78 is 6.61. The molecule has 0 spiro atoms. The van der Waals surface area contributed by atoms with E-state index in [0.29, 0.717) is 10.2 Å². The molecule has 0 aliphatic rings. The molecule has 0 bridgehead atoms. The molecule has 120 valence electrons. The van der Waals surface area contributed by atoms with Crippen molar-refractivity contribution in [3.8, 4) is 0 Å². The van der Waals surface area contributed by atoms with Gasteiger partial charge in [0.2, 0.25) is 5.91 Å². The van der Waals surface area contributed by atoms with Gasteiger partial charge in [0.25, 0.3) is 5.56 Å². The summed E-state index contributed by atoms with van der Waals surface area (Å²) in [6, 6.07) is 5.49. The van der Waals surface area contributed by atoms with Gasteiger partial charge in [-0.2, -0.15) is 0 Å². The van der Waals surface area contributed by atoms with Crippen molar-refractivity contribution in [1.82, 2.24) is 14.9 Å². The highest BCUT2D eigenvalue weighted by Gasteiger charge is 2.11. The molecular weight excluding hydrogens is 314 g/mol. The Morgan fingerprint density at radius 3 is 3.13 bits per heavy atom. The van der Waals surface area contributed by atoms with Gasteiger partial charge >= 0.3 is 0 Å². The number of hydrogen-bond donors (Lipinski definition) is 1. The van der Waals surface area contributed by atoms with E-state index in [1.165, 1.54) is 22.2 Å². The Bertz CT molecular complexity index is 851. The molecular formula is C16H17N3O3S. The third-order valence-corrected chi connectivity index (χ3v) is 4.40. The number of carbonyl (C=O) groups is 1. The van der Waals surface area contributed by atoms with Crippen LogP contribution in [0.1, 0.15) is 19.1 Å². The maximum Gasteiger partial charge on any atom is 0.262 e. The molecule has 1 N–H and O–H groups in total. The smallest absolute Gasteiger partial charge is 0.262 e. The van der Waals surface area contributed by atoms with E-state index in [2.05, 4.69) is 10.3 Å². The molecule has 0 fully saturated rings. The molecule has 3 aromatic heterocycles. The van der Waals surface area contributed by atoms with Crippen LogP contribution in [0.2, 0.25) is 0 Å². The zero-order chi connectivity index (χ0) is 16.2. The predicted molar refractivity (Wildman–Crippen MR) is 88.5 cm³/mol. The van der Waals surface area contributed by atoms with Crippen molar-refractivity contribution in [3.05, 3.63) is 52.3 Å². The van der Waals surface area contributed by atoms with E-state index in [4.69, 9.17) is 4.42 Å². The summed E-state index contributed by atoms with van der Waals surface area (Å²) in [5.74, 6) is 0.699. The van der Waals surface area contributed by atoms with Crippen molar-refractivity contribution in [2.24, 2.45) is 0 Å². The Balaban J connectivity index is 1.57. The predicted octanol–water partition coefficient (Wildman–Crippen LogP) is 2.19. The second-order valence-corrected chi connectivity index (χ2v) is 6.30. The fraction of sp³-hybridized carbons (Fsp3) is 0.312. The standard InChI is InChI=1S/C16H17N3O3S/c1-11(4-5-12-3-2-7-22-12)18-14(20)9-19-10-17-15-13(16(19)21)6-8-23-15/h2-3,6-8,10-11H,4-5,9H2,1H3,(H,18,20)/t11-/m0/s1. The van der Waals surface area contributed by atoms with E-state index in [0.717, 1.165) is 18.6 Å². The van der Waals surface area contributed by atoms with Gasteiger partial charge in [0.1, 0.15) is 17.1 Å². The molecule has 0 aliphatic carbocycles. The fourth-order valence-corrected chi connectivity index (χ4v) is 3.09. The number of aromatic nitrogens is 2. The Morgan fingerprint density at radius 2 is 2.35 bits per heavy atom.